The average molecular weight is 257 g/mol. The zero-order valence-electron chi connectivity index (χ0n) is 9.49. The Kier molecular flexibility index (Phi) is 4.30. The zero-order chi connectivity index (χ0) is 12.1. The van der Waals surface area contributed by atoms with Gasteiger partial charge in [0.2, 0.25) is 11.2 Å². The van der Waals surface area contributed by atoms with Crippen LogP contribution in [0.4, 0.5) is 4.39 Å². The Morgan fingerprint density at radius 1 is 1.41 bits per heavy atom. The molecule has 0 saturated heterocycles. The largest absolute Gasteiger partial charge is 0.288 e. The van der Waals surface area contributed by atoms with Crippen molar-refractivity contribution in [3.05, 3.63) is 23.9 Å². The number of hydrogen-bond acceptors (Lipinski definition) is 2. The van der Waals surface area contributed by atoms with Crippen LogP contribution in [0.15, 0.2) is 28.9 Å². The Hall–Kier alpha value is -1.17. The average Bonchev–Trinajstić information content (AvgIpc) is 2.33. The summed E-state index contributed by atoms with van der Waals surface area (Å²) < 4.78 is 30.1. The molecule has 2 unspecified atom stereocenters. The van der Waals surface area contributed by atoms with E-state index in [2.05, 4.69) is 14.4 Å². The third-order valence-corrected chi connectivity index (χ3v) is 3.44. The number of hydrogen-bond donors (Lipinski definition) is 2. The summed E-state index contributed by atoms with van der Waals surface area (Å²) >= 11 is -1.40. The van der Waals surface area contributed by atoms with Gasteiger partial charge in [-0.25, -0.2) is 8.60 Å². The molecule has 0 aromatic heterocycles. The molecule has 4 nitrogen and oxygen atoms in total. The molecule has 0 saturated carbocycles. The van der Waals surface area contributed by atoms with Gasteiger partial charge in [0, 0.05) is 25.1 Å². The highest BCUT2D eigenvalue weighted by Crippen LogP contribution is 2.11. The number of nitrogens with zero attached hydrogens (tertiary/aromatic N) is 1. The Bertz CT molecular complexity index is 392. The van der Waals surface area contributed by atoms with Crippen LogP contribution < -0.4 is 9.44 Å². The van der Waals surface area contributed by atoms with Crippen LogP contribution in [0.2, 0.25) is 0 Å². The number of amidine groups is 1. The van der Waals surface area contributed by atoms with Crippen molar-refractivity contribution in [3.63, 3.8) is 0 Å². The molecule has 1 heterocycles. The quantitative estimate of drug-likeness (QED) is 0.791. The molecule has 17 heavy (non-hydrogen) atoms. The maximum absolute atomic E-state index is 12.8. The molecule has 94 valence electrons. The first-order chi connectivity index (χ1) is 8.24. The summed E-state index contributed by atoms with van der Waals surface area (Å²) in [6.07, 6.45) is 7.18. The van der Waals surface area contributed by atoms with Crippen molar-refractivity contribution in [1.82, 2.24) is 9.44 Å². The second kappa shape index (κ2) is 5.95. The minimum Gasteiger partial charge on any atom is -0.288 e. The van der Waals surface area contributed by atoms with Gasteiger partial charge in [0.1, 0.15) is 12.0 Å². The summed E-state index contributed by atoms with van der Waals surface area (Å²) in [6, 6.07) is 0. The van der Waals surface area contributed by atoms with Crippen LogP contribution in [0.1, 0.15) is 25.7 Å². The first-order valence-corrected chi connectivity index (χ1v) is 6.90. The van der Waals surface area contributed by atoms with Crippen LogP contribution in [-0.4, -0.2) is 22.8 Å². The molecule has 2 atom stereocenters. The fraction of sp³-hybridized carbons (Fsp3) is 0.545. The lowest BCUT2D eigenvalue weighted by Gasteiger charge is -2.15. The zero-order valence-corrected chi connectivity index (χ0v) is 10.3. The lowest BCUT2D eigenvalue weighted by atomic mass is 10.1. The van der Waals surface area contributed by atoms with Crippen molar-refractivity contribution >= 4 is 17.0 Å². The van der Waals surface area contributed by atoms with Crippen LogP contribution in [0.3, 0.4) is 0 Å². The van der Waals surface area contributed by atoms with Gasteiger partial charge in [-0.2, -0.15) is 0 Å². The molecular weight excluding hydrogens is 241 g/mol. The predicted molar refractivity (Wildman–Crippen MR) is 67.3 cm³/mol. The smallest absolute Gasteiger partial charge is 0.221 e. The van der Waals surface area contributed by atoms with E-state index in [0.29, 0.717) is 12.1 Å². The van der Waals surface area contributed by atoms with Crippen molar-refractivity contribution in [2.75, 3.05) is 6.54 Å². The molecule has 0 amide bonds. The summed E-state index contributed by atoms with van der Waals surface area (Å²) in [4.78, 5) is 4.25. The van der Waals surface area contributed by atoms with E-state index in [1.54, 1.807) is 12.2 Å². The van der Waals surface area contributed by atoms with E-state index in [0.717, 1.165) is 31.6 Å². The second-order valence-corrected chi connectivity index (χ2v) is 4.97. The third-order valence-electron chi connectivity index (χ3n) is 2.59. The number of alkyl halides is 1. The molecule has 0 fully saturated rings. The number of nitrogens with one attached hydrogen (secondary N) is 2. The van der Waals surface area contributed by atoms with Crippen molar-refractivity contribution in [2.24, 2.45) is 4.99 Å². The number of aliphatic imine (C=N–C) groups is 1. The highest BCUT2D eigenvalue weighted by molar-refractivity contribution is 7.81. The first kappa shape index (κ1) is 12.3. The van der Waals surface area contributed by atoms with E-state index >= 15 is 0 Å². The summed E-state index contributed by atoms with van der Waals surface area (Å²) in [7, 11) is 0. The van der Waals surface area contributed by atoms with Crippen LogP contribution in [-0.2, 0) is 11.2 Å². The second-order valence-electron chi connectivity index (χ2n) is 4.03. The number of halogens is 1. The molecule has 0 bridgehead atoms. The molecule has 0 aromatic rings. The maximum atomic E-state index is 12.8. The summed E-state index contributed by atoms with van der Waals surface area (Å²) in [5.41, 5.74) is 0.682. The molecule has 0 radical (unpaired) electrons. The maximum Gasteiger partial charge on any atom is 0.221 e. The van der Waals surface area contributed by atoms with Gasteiger partial charge >= 0.3 is 0 Å². The molecule has 0 spiro atoms. The lowest BCUT2D eigenvalue weighted by Crippen LogP contribution is -2.35. The van der Waals surface area contributed by atoms with Crippen LogP contribution in [0, 0.1) is 0 Å². The lowest BCUT2D eigenvalue weighted by molar-refractivity contribution is 0.400. The molecule has 2 rings (SSSR count). The normalized spacial score (nSPS) is 25.8. The minimum absolute atomic E-state index is 0.330. The van der Waals surface area contributed by atoms with Crippen LogP contribution >= 0.6 is 0 Å². The highest BCUT2D eigenvalue weighted by atomic mass is 32.2. The van der Waals surface area contributed by atoms with Gasteiger partial charge < -0.3 is 0 Å². The van der Waals surface area contributed by atoms with E-state index in [1.807, 2.05) is 0 Å². The minimum atomic E-state index is -1.40. The van der Waals surface area contributed by atoms with E-state index in [9.17, 15) is 8.60 Å². The van der Waals surface area contributed by atoms with Crippen molar-refractivity contribution in [2.45, 2.75) is 31.9 Å². The van der Waals surface area contributed by atoms with Crippen molar-refractivity contribution in [3.8, 4) is 0 Å². The Morgan fingerprint density at radius 3 is 2.94 bits per heavy atom. The molecule has 1 aliphatic carbocycles. The molecule has 0 aromatic carbocycles. The van der Waals surface area contributed by atoms with Gasteiger partial charge in [0.25, 0.3) is 0 Å². The monoisotopic (exact) mass is 257 g/mol. The fourth-order valence-electron chi connectivity index (χ4n) is 1.69. The van der Waals surface area contributed by atoms with Crippen molar-refractivity contribution < 1.29 is 8.60 Å². The van der Waals surface area contributed by atoms with E-state index in [4.69, 9.17) is 0 Å². The van der Waals surface area contributed by atoms with E-state index in [-0.39, 0.29) is 0 Å². The molecule has 6 heteroatoms. The number of rotatable bonds is 3. The van der Waals surface area contributed by atoms with Gasteiger partial charge in [0.05, 0.1) is 0 Å². The van der Waals surface area contributed by atoms with Gasteiger partial charge in [-0.3, -0.25) is 14.4 Å². The molecular formula is C11H16FN3OS. The number of allylic oxidation sites excluding steroid dienone is 3. The fourth-order valence-corrected chi connectivity index (χ4v) is 2.49. The topological polar surface area (TPSA) is 53.5 Å². The summed E-state index contributed by atoms with van der Waals surface area (Å²) in [5, 5.41) is 0. The summed E-state index contributed by atoms with van der Waals surface area (Å²) in [5.74, 6) is 0.783. The van der Waals surface area contributed by atoms with Gasteiger partial charge in [-0.05, 0) is 25.0 Å². The summed E-state index contributed by atoms with van der Waals surface area (Å²) in [6.45, 7) is 0.797. The Morgan fingerprint density at radius 2 is 2.29 bits per heavy atom. The van der Waals surface area contributed by atoms with Gasteiger partial charge in [-0.15, -0.1) is 0 Å². The molecule has 1 aliphatic heterocycles. The SMILES string of the molecule is O=S(NC1=CCC(F)C=C1)NC1=NCCCC1. The Balaban J connectivity index is 1.81. The highest BCUT2D eigenvalue weighted by Gasteiger charge is 2.10. The predicted octanol–water partition coefficient (Wildman–Crippen LogP) is 1.51. The first-order valence-electron chi connectivity index (χ1n) is 5.75. The van der Waals surface area contributed by atoms with Gasteiger partial charge in [0.15, 0.2) is 0 Å². The van der Waals surface area contributed by atoms with Crippen LogP contribution in [0.25, 0.3) is 0 Å². The Labute approximate surface area is 103 Å². The van der Waals surface area contributed by atoms with Crippen LogP contribution in [0.5, 0.6) is 0 Å². The standard InChI is InChI=1S/C11H16FN3OS/c12-9-4-6-10(7-5-9)14-17(16)15-11-3-1-2-8-13-11/h4,6-7,9,14H,1-3,5,8H2,(H,13,15). The van der Waals surface area contributed by atoms with Crippen molar-refractivity contribution in [1.29, 1.82) is 0 Å². The molecule has 2 N–H and O–H groups in total. The van der Waals surface area contributed by atoms with Gasteiger partial charge in [-0.1, -0.05) is 6.08 Å². The van der Waals surface area contributed by atoms with E-state index < -0.39 is 17.3 Å². The third kappa shape index (κ3) is 3.96. The van der Waals surface area contributed by atoms with E-state index in [1.165, 1.54) is 6.08 Å². The molecule has 2 aliphatic rings.